The minimum absolute atomic E-state index is 0.0275. The van der Waals surface area contributed by atoms with Crippen LogP contribution in [0.1, 0.15) is 10.4 Å². The predicted octanol–water partition coefficient (Wildman–Crippen LogP) is 2.43. The van der Waals surface area contributed by atoms with E-state index in [9.17, 15) is 22.0 Å². The van der Waals surface area contributed by atoms with Crippen LogP contribution >= 0.6 is 0 Å². The zero-order valence-corrected chi connectivity index (χ0v) is 15.1. The lowest BCUT2D eigenvalue weighted by Gasteiger charge is -2.34. The van der Waals surface area contributed by atoms with E-state index in [-0.39, 0.29) is 42.7 Å². The fourth-order valence-electron chi connectivity index (χ4n) is 2.83. The van der Waals surface area contributed by atoms with Crippen molar-refractivity contribution in [3.63, 3.8) is 0 Å². The molecule has 0 radical (unpaired) electrons. The van der Waals surface area contributed by atoms with Crippen LogP contribution in [0.2, 0.25) is 0 Å². The highest BCUT2D eigenvalue weighted by Crippen LogP contribution is 2.19. The molecule has 0 aromatic heterocycles. The molecule has 1 amide bonds. The molecule has 6 nitrogen and oxygen atoms in total. The molecule has 2 aromatic rings. The zero-order valence-electron chi connectivity index (χ0n) is 14.3. The van der Waals surface area contributed by atoms with E-state index >= 15 is 0 Å². The van der Waals surface area contributed by atoms with Gasteiger partial charge in [0.25, 0.3) is 5.91 Å². The molecule has 0 bridgehead atoms. The summed E-state index contributed by atoms with van der Waals surface area (Å²) in [6.45, 7) is -2.04. The third-order valence-corrected chi connectivity index (χ3v) is 6.15. The van der Waals surface area contributed by atoms with Gasteiger partial charge in [-0.05, 0) is 36.4 Å². The molecule has 27 heavy (non-hydrogen) atoms. The van der Waals surface area contributed by atoms with Gasteiger partial charge >= 0.3 is 6.61 Å². The Morgan fingerprint density at radius 1 is 0.926 bits per heavy atom. The second-order valence-corrected chi connectivity index (χ2v) is 7.85. The molecule has 0 N–H and O–H groups in total. The fraction of sp³-hybridized carbons (Fsp3) is 0.278. The number of hydrogen-bond acceptors (Lipinski definition) is 4. The summed E-state index contributed by atoms with van der Waals surface area (Å²) in [6, 6.07) is 13.6. The number of piperazine rings is 1. The Balaban J connectivity index is 1.62. The van der Waals surface area contributed by atoms with Gasteiger partial charge in [-0.3, -0.25) is 4.79 Å². The molecule has 1 aliphatic heterocycles. The van der Waals surface area contributed by atoms with E-state index in [0.717, 1.165) is 0 Å². The molecule has 9 heteroatoms. The quantitative estimate of drug-likeness (QED) is 0.779. The average Bonchev–Trinajstić information content (AvgIpc) is 2.68. The summed E-state index contributed by atoms with van der Waals surface area (Å²) in [6.07, 6.45) is 0. The zero-order chi connectivity index (χ0) is 19.4. The molecule has 2 aromatic carbocycles. The Morgan fingerprint density at radius 3 is 2.07 bits per heavy atom. The van der Waals surface area contributed by atoms with E-state index in [1.165, 1.54) is 40.7 Å². The number of rotatable bonds is 5. The van der Waals surface area contributed by atoms with Gasteiger partial charge in [-0.1, -0.05) is 18.2 Å². The fourth-order valence-corrected chi connectivity index (χ4v) is 4.28. The first-order valence-corrected chi connectivity index (χ1v) is 9.71. The largest absolute Gasteiger partial charge is 0.435 e. The van der Waals surface area contributed by atoms with Crippen LogP contribution in [0.5, 0.6) is 5.75 Å². The van der Waals surface area contributed by atoms with Crippen molar-refractivity contribution >= 4 is 15.9 Å². The normalized spacial score (nSPS) is 15.7. The number of alkyl halides is 2. The molecule has 1 fully saturated rings. The molecule has 0 aliphatic carbocycles. The minimum Gasteiger partial charge on any atom is -0.435 e. The van der Waals surface area contributed by atoms with Crippen molar-refractivity contribution in [1.29, 1.82) is 0 Å². The second-order valence-electron chi connectivity index (χ2n) is 5.91. The molecule has 0 saturated carbocycles. The number of carbonyl (C=O) groups is 1. The Bertz CT molecular complexity index is 881. The molecule has 0 spiro atoms. The highest BCUT2D eigenvalue weighted by atomic mass is 32.2. The van der Waals surface area contributed by atoms with Gasteiger partial charge in [-0.25, -0.2) is 8.42 Å². The summed E-state index contributed by atoms with van der Waals surface area (Å²) in [5.74, 6) is -0.310. The Hall–Kier alpha value is -2.52. The maximum Gasteiger partial charge on any atom is 0.387 e. The van der Waals surface area contributed by atoms with E-state index in [2.05, 4.69) is 4.74 Å². The topological polar surface area (TPSA) is 66.9 Å². The Morgan fingerprint density at radius 2 is 1.52 bits per heavy atom. The van der Waals surface area contributed by atoms with E-state index in [1.807, 2.05) is 0 Å². The van der Waals surface area contributed by atoms with Gasteiger partial charge in [0.1, 0.15) is 5.75 Å². The van der Waals surface area contributed by atoms with Gasteiger partial charge in [0, 0.05) is 31.7 Å². The summed E-state index contributed by atoms with van der Waals surface area (Å²) in [4.78, 5) is 14.3. The van der Waals surface area contributed by atoms with Crippen LogP contribution in [0.25, 0.3) is 0 Å². The summed E-state index contributed by atoms with van der Waals surface area (Å²) in [5.41, 5.74) is 0.330. The molecular weight excluding hydrogens is 378 g/mol. The van der Waals surface area contributed by atoms with E-state index in [4.69, 9.17) is 0 Å². The summed E-state index contributed by atoms with van der Waals surface area (Å²) in [5, 5.41) is 0. The number of sulfonamides is 1. The van der Waals surface area contributed by atoms with Crippen LogP contribution in [0.15, 0.2) is 59.5 Å². The lowest BCUT2D eigenvalue weighted by atomic mass is 10.2. The number of nitrogens with zero attached hydrogens (tertiary/aromatic N) is 2. The SMILES string of the molecule is O=C(c1ccc(OC(F)F)cc1)N1CCN(S(=O)(=O)c2ccccc2)CC1. The van der Waals surface area contributed by atoms with E-state index < -0.39 is 16.6 Å². The molecule has 1 heterocycles. The van der Waals surface area contributed by atoms with Crippen LogP contribution in [0.4, 0.5) is 8.78 Å². The highest BCUT2D eigenvalue weighted by Gasteiger charge is 2.30. The number of carbonyl (C=O) groups excluding carboxylic acids is 1. The average molecular weight is 396 g/mol. The lowest BCUT2D eigenvalue weighted by molar-refractivity contribution is -0.0498. The van der Waals surface area contributed by atoms with E-state index in [1.54, 1.807) is 23.1 Å². The van der Waals surface area contributed by atoms with Gasteiger partial charge in [0.05, 0.1) is 4.90 Å². The lowest BCUT2D eigenvalue weighted by Crippen LogP contribution is -2.50. The van der Waals surface area contributed by atoms with Gasteiger partial charge in [0.15, 0.2) is 0 Å². The first-order valence-electron chi connectivity index (χ1n) is 8.27. The third kappa shape index (κ3) is 4.42. The maximum atomic E-state index is 12.6. The van der Waals surface area contributed by atoms with Crippen molar-refractivity contribution in [1.82, 2.24) is 9.21 Å². The van der Waals surface area contributed by atoms with Crippen molar-refractivity contribution in [3.05, 3.63) is 60.2 Å². The van der Waals surface area contributed by atoms with Gasteiger partial charge in [-0.2, -0.15) is 13.1 Å². The molecule has 0 unspecified atom stereocenters. The molecule has 3 rings (SSSR count). The molecule has 144 valence electrons. The van der Waals surface area contributed by atoms with Crippen molar-refractivity contribution < 1.29 is 26.7 Å². The van der Waals surface area contributed by atoms with Crippen LogP contribution < -0.4 is 4.74 Å². The number of amides is 1. The number of halogens is 2. The highest BCUT2D eigenvalue weighted by molar-refractivity contribution is 7.89. The third-order valence-electron chi connectivity index (χ3n) is 4.23. The number of benzene rings is 2. The Kier molecular flexibility index (Phi) is 5.71. The Labute approximate surface area is 156 Å². The maximum absolute atomic E-state index is 12.6. The number of hydrogen-bond donors (Lipinski definition) is 0. The van der Waals surface area contributed by atoms with Gasteiger partial charge in [-0.15, -0.1) is 0 Å². The molecule has 0 atom stereocenters. The van der Waals surface area contributed by atoms with Crippen LogP contribution in [0, 0.1) is 0 Å². The van der Waals surface area contributed by atoms with Crippen molar-refractivity contribution in [3.8, 4) is 5.75 Å². The van der Waals surface area contributed by atoms with Crippen LogP contribution in [0.3, 0.4) is 0 Å². The first kappa shape index (κ1) is 19.2. The summed E-state index contributed by atoms with van der Waals surface area (Å²) in [7, 11) is -3.59. The van der Waals surface area contributed by atoms with Gasteiger partial charge < -0.3 is 9.64 Å². The minimum atomic E-state index is -3.59. The standard InChI is InChI=1S/C18H18F2N2O4S/c19-18(20)26-15-8-6-14(7-9-15)17(23)21-10-12-22(13-11-21)27(24,25)16-4-2-1-3-5-16/h1-9,18H,10-13H2. The van der Waals surface area contributed by atoms with Crippen molar-refractivity contribution in [2.45, 2.75) is 11.5 Å². The van der Waals surface area contributed by atoms with Crippen molar-refractivity contribution in [2.24, 2.45) is 0 Å². The predicted molar refractivity (Wildman–Crippen MR) is 94.2 cm³/mol. The monoisotopic (exact) mass is 396 g/mol. The first-order chi connectivity index (χ1) is 12.9. The molecule has 1 aliphatic rings. The smallest absolute Gasteiger partial charge is 0.387 e. The van der Waals surface area contributed by atoms with Crippen molar-refractivity contribution in [2.75, 3.05) is 26.2 Å². The van der Waals surface area contributed by atoms with E-state index in [0.29, 0.717) is 5.56 Å². The molecular formula is C18H18F2N2O4S. The van der Waals surface area contributed by atoms with Gasteiger partial charge in [0.2, 0.25) is 10.0 Å². The summed E-state index contributed by atoms with van der Waals surface area (Å²) < 4.78 is 55.2. The second kappa shape index (κ2) is 8.01. The summed E-state index contributed by atoms with van der Waals surface area (Å²) >= 11 is 0. The van der Waals surface area contributed by atoms with Crippen LogP contribution in [-0.2, 0) is 10.0 Å². The van der Waals surface area contributed by atoms with Crippen LogP contribution in [-0.4, -0.2) is 56.3 Å². The number of ether oxygens (including phenoxy) is 1. The molecule has 1 saturated heterocycles.